The van der Waals surface area contributed by atoms with E-state index in [1.165, 1.54) is 0 Å². The molecule has 0 saturated carbocycles. The normalized spacial score (nSPS) is 14.5. The van der Waals surface area contributed by atoms with Gasteiger partial charge in [0, 0.05) is 5.69 Å². The molecule has 0 aromatic carbocycles. The SMILES string of the molecule is Cc1cc2c(nc1C)COC(=O)N2. The summed E-state index contributed by atoms with van der Waals surface area (Å²) in [5.41, 5.74) is 3.60. The molecule has 0 bridgehead atoms. The summed E-state index contributed by atoms with van der Waals surface area (Å²) in [6.45, 7) is 4.17. The second-order valence-electron chi connectivity index (χ2n) is 3.09. The van der Waals surface area contributed by atoms with Crippen LogP contribution in [-0.4, -0.2) is 11.1 Å². The van der Waals surface area contributed by atoms with Gasteiger partial charge in [-0.15, -0.1) is 0 Å². The Morgan fingerprint density at radius 1 is 1.54 bits per heavy atom. The highest BCUT2D eigenvalue weighted by atomic mass is 16.5. The molecule has 2 heterocycles. The largest absolute Gasteiger partial charge is 0.443 e. The summed E-state index contributed by atoms with van der Waals surface area (Å²) >= 11 is 0. The molecule has 1 aromatic heterocycles. The van der Waals surface area contributed by atoms with Crippen LogP contribution in [0.1, 0.15) is 17.0 Å². The Labute approximate surface area is 75.9 Å². The number of ether oxygens (including phenoxy) is 1. The van der Waals surface area contributed by atoms with E-state index in [2.05, 4.69) is 10.3 Å². The lowest BCUT2D eigenvalue weighted by Gasteiger charge is -2.17. The highest BCUT2D eigenvalue weighted by Crippen LogP contribution is 2.21. The van der Waals surface area contributed by atoms with E-state index in [1.807, 2.05) is 19.9 Å². The number of carbonyl (C=O) groups excluding carboxylic acids is 1. The first-order chi connectivity index (χ1) is 6.16. The summed E-state index contributed by atoms with van der Waals surface area (Å²) in [6, 6.07) is 1.91. The molecule has 4 nitrogen and oxygen atoms in total. The predicted octanol–water partition coefficient (Wildman–Crippen LogP) is 1.76. The smallest absolute Gasteiger partial charge is 0.412 e. The molecular weight excluding hydrogens is 168 g/mol. The maximum atomic E-state index is 10.9. The molecule has 0 radical (unpaired) electrons. The minimum atomic E-state index is -0.405. The van der Waals surface area contributed by atoms with Gasteiger partial charge in [0.1, 0.15) is 12.3 Å². The van der Waals surface area contributed by atoms with Crippen molar-refractivity contribution in [3.8, 4) is 0 Å². The van der Waals surface area contributed by atoms with Crippen LogP contribution in [0.25, 0.3) is 0 Å². The fourth-order valence-corrected chi connectivity index (χ4v) is 1.25. The quantitative estimate of drug-likeness (QED) is 0.658. The van der Waals surface area contributed by atoms with Crippen LogP contribution in [0.3, 0.4) is 0 Å². The molecule has 0 atom stereocenters. The van der Waals surface area contributed by atoms with Gasteiger partial charge < -0.3 is 4.74 Å². The molecule has 2 rings (SSSR count). The molecule has 0 saturated heterocycles. The molecule has 68 valence electrons. The van der Waals surface area contributed by atoms with Crippen LogP contribution in [0.15, 0.2) is 6.07 Å². The van der Waals surface area contributed by atoms with Crippen molar-refractivity contribution in [1.82, 2.24) is 4.98 Å². The molecular formula is C9H10N2O2. The monoisotopic (exact) mass is 178 g/mol. The number of nitrogens with zero attached hydrogens (tertiary/aromatic N) is 1. The topological polar surface area (TPSA) is 51.2 Å². The molecule has 0 aliphatic carbocycles. The number of hydrogen-bond donors (Lipinski definition) is 1. The van der Waals surface area contributed by atoms with Gasteiger partial charge in [0.25, 0.3) is 0 Å². The van der Waals surface area contributed by atoms with Gasteiger partial charge in [0.2, 0.25) is 0 Å². The number of aromatic nitrogens is 1. The van der Waals surface area contributed by atoms with Crippen molar-refractivity contribution in [1.29, 1.82) is 0 Å². The first-order valence-electron chi connectivity index (χ1n) is 4.08. The third-order valence-corrected chi connectivity index (χ3v) is 2.12. The second kappa shape index (κ2) is 2.73. The summed E-state index contributed by atoms with van der Waals surface area (Å²) in [7, 11) is 0. The van der Waals surface area contributed by atoms with Gasteiger partial charge in [-0.2, -0.15) is 0 Å². The number of anilines is 1. The van der Waals surface area contributed by atoms with E-state index in [1.54, 1.807) is 0 Å². The Bertz CT molecular complexity index is 374. The van der Waals surface area contributed by atoms with Gasteiger partial charge in [-0.1, -0.05) is 0 Å². The number of amides is 1. The zero-order valence-corrected chi connectivity index (χ0v) is 7.55. The van der Waals surface area contributed by atoms with Crippen molar-refractivity contribution < 1.29 is 9.53 Å². The number of nitrogens with one attached hydrogen (secondary N) is 1. The lowest BCUT2D eigenvalue weighted by molar-refractivity contribution is 0.149. The van der Waals surface area contributed by atoms with Gasteiger partial charge in [0.05, 0.1) is 5.69 Å². The second-order valence-corrected chi connectivity index (χ2v) is 3.09. The summed E-state index contributed by atoms with van der Waals surface area (Å²) in [4.78, 5) is 15.2. The average Bonchev–Trinajstić information content (AvgIpc) is 2.08. The maximum Gasteiger partial charge on any atom is 0.412 e. The van der Waals surface area contributed by atoms with Crippen LogP contribution in [-0.2, 0) is 11.3 Å². The van der Waals surface area contributed by atoms with Crippen molar-refractivity contribution >= 4 is 11.8 Å². The van der Waals surface area contributed by atoms with E-state index in [-0.39, 0.29) is 6.61 Å². The lowest BCUT2D eigenvalue weighted by Crippen LogP contribution is -2.21. The fraction of sp³-hybridized carbons (Fsp3) is 0.333. The van der Waals surface area contributed by atoms with Crippen LogP contribution >= 0.6 is 0 Å². The first-order valence-corrected chi connectivity index (χ1v) is 4.08. The van der Waals surface area contributed by atoms with E-state index in [4.69, 9.17) is 4.74 Å². The van der Waals surface area contributed by atoms with Crippen LogP contribution in [0, 0.1) is 13.8 Å². The molecule has 1 aromatic rings. The Morgan fingerprint density at radius 3 is 3.08 bits per heavy atom. The fourth-order valence-electron chi connectivity index (χ4n) is 1.25. The lowest BCUT2D eigenvalue weighted by atomic mass is 10.1. The number of carbonyl (C=O) groups is 1. The number of rotatable bonds is 0. The van der Waals surface area contributed by atoms with Crippen LogP contribution < -0.4 is 5.32 Å². The van der Waals surface area contributed by atoms with E-state index in [0.717, 1.165) is 22.6 Å². The van der Waals surface area contributed by atoms with Crippen LogP contribution in [0.2, 0.25) is 0 Å². The summed E-state index contributed by atoms with van der Waals surface area (Å²) in [5, 5.41) is 2.60. The minimum absolute atomic E-state index is 0.266. The molecule has 1 aliphatic rings. The van der Waals surface area contributed by atoms with E-state index >= 15 is 0 Å². The zero-order chi connectivity index (χ0) is 9.42. The van der Waals surface area contributed by atoms with Gasteiger partial charge in [-0.05, 0) is 25.5 Å². The number of fused-ring (bicyclic) bond motifs is 1. The zero-order valence-electron chi connectivity index (χ0n) is 7.55. The number of pyridine rings is 1. The number of hydrogen-bond acceptors (Lipinski definition) is 3. The minimum Gasteiger partial charge on any atom is -0.443 e. The highest BCUT2D eigenvalue weighted by Gasteiger charge is 2.17. The first kappa shape index (κ1) is 8.04. The molecule has 1 N–H and O–H groups in total. The van der Waals surface area contributed by atoms with Gasteiger partial charge in [-0.3, -0.25) is 10.3 Å². The molecule has 4 heteroatoms. The Hall–Kier alpha value is -1.58. The summed E-state index contributed by atoms with van der Waals surface area (Å²) in [6.07, 6.45) is -0.405. The Kier molecular flexibility index (Phi) is 1.69. The molecule has 1 aliphatic heterocycles. The number of aryl methyl sites for hydroxylation is 2. The van der Waals surface area contributed by atoms with E-state index in [9.17, 15) is 4.79 Å². The maximum absolute atomic E-state index is 10.9. The van der Waals surface area contributed by atoms with E-state index in [0.29, 0.717) is 0 Å². The third kappa shape index (κ3) is 1.35. The predicted molar refractivity (Wildman–Crippen MR) is 47.5 cm³/mol. The van der Waals surface area contributed by atoms with Crippen molar-refractivity contribution in [3.63, 3.8) is 0 Å². The van der Waals surface area contributed by atoms with Crippen molar-refractivity contribution in [2.45, 2.75) is 20.5 Å². The van der Waals surface area contributed by atoms with Gasteiger partial charge in [0.15, 0.2) is 0 Å². The average molecular weight is 178 g/mol. The molecule has 0 unspecified atom stereocenters. The highest BCUT2D eigenvalue weighted by molar-refractivity contribution is 5.87. The molecule has 1 amide bonds. The van der Waals surface area contributed by atoms with Crippen molar-refractivity contribution in [2.75, 3.05) is 5.32 Å². The van der Waals surface area contributed by atoms with Crippen molar-refractivity contribution in [2.24, 2.45) is 0 Å². The van der Waals surface area contributed by atoms with Crippen LogP contribution in [0.5, 0.6) is 0 Å². The Balaban J connectivity index is 2.49. The summed E-state index contributed by atoms with van der Waals surface area (Å²) < 4.78 is 4.79. The van der Waals surface area contributed by atoms with Crippen molar-refractivity contribution in [3.05, 3.63) is 23.0 Å². The van der Waals surface area contributed by atoms with Crippen LogP contribution in [0.4, 0.5) is 10.5 Å². The molecule has 0 spiro atoms. The Morgan fingerprint density at radius 2 is 2.31 bits per heavy atom. The molecule has 0 fully saturated rings. The van der Waals surface area contributed by atoms with E-state index < -0.39 is 6.09 Å². The third-order valence-electron chi connectivity index (χ3n) is 2.12. The van der Waals surface area contributed by atoms with Gasteiger partial charge >= 0.3 is 6.09 Å². The number of cyclic esters (lactones) is 1. The standard InChI is InChI=1S/C9H10N2O2/c1-5-3-7-8(10-6(5)2)4-13-9(12)11-7/h3H,4H2,1-2H3,(H,11,12). The van der Waals surface area contributed by atoms with Gasteiger partial charge in [-0.25, -0.2) is 4.79 Å². The molecule has 13 heavy (non-hydrogen) atoms. The summed E-state index contributed by atoms with van der Waals surface area (Å²) in [5.74, 6) is 0.